The zero-order valence-corrected chi connectivity index (χ0v) is 24.8. The molecular formula is C34H38N4O4. The molecule has 0 aromatic heterocycles. The summed E-state index contributed by atoms with van der Waals surface area (Å²) in [5.74, 6) is -0.409. The van der Waals surface area contributed by atoms with E-state index in [4.69, 9.17) is 4.74 Å². The molecule has 1 saturated heterocycles. The van der Waals surface area contributed by atoms with Crippen molar-refractivity contribution < 1.29 is 19.1 Å². The molecule has 218 valence electrons. The number of allylic oxidation sites excluding steroid dienone is 1. The Labute approximate surface area is 247 Å². The second kappa shape index (κ2) is 12.7. The van der Waals surface area contributed by atoms with Crippen molar-refractivity contribution in [3.05, 3.63) is 94.5 Å². The number of amides is 1. The summed E-state index contributed by atoms with van der Waals surface area (Å²) in [7, 11) is 5.25. The lowest BCUT2D eigenvalue weighted by molar-refractivity contribution is -0.119. The van der Waals surface area contributed by atoms with E-state index in [-0.39, 0.29) is 18.1 Å². The minimum atomic E-state index is -0.444. The highest BCUT2D eigenvalue weighted by molar-refractivity contribution is 6.32. The number of ether oxygens (including phenoxy) is 1. The first kappa shape index (κ1) is 29.2. The standard InChI is InChI=1S/C34H38N4O4/c1-5-23-6-8-24(9-7-23)33(32-29-20-26(34(41)42-4)11-10-25(29)21-30(32)39)35-27-12-14-28(15-13-27)37(3)31(40)22-38-18-16-36(2)17-19-38/h6-15,20,35H,5,16-19,21-22H2,1-4H3/b33-32-. The number of methoxy groups -OCH3 is 1. The summed E-state index contributed by atoms with van der Waals surface area (Å²) in [6.45, 7) is 6.20. The number of esters is 1. The predicted octanol–water partition coefficient (Wildman–Crippen LogP) is 4.35. The van der Waals surface area contributed by atoms with Gasteiger partial charge in [-0.25, -0.2) is 4.79 Å². The Morgan fingerprint density at radius 2 is 1.60 bits per heavy atom. The Morgan fingerprint density at radius 1 is 0.929 bits per heavy atom. The van der Waals surface area contributed by atoms with Crippen LogP contribution >= 0.6 is 0 Å². The maximum atomic E-state index is 13.4. The fourth-order valence-corrected chi connectivity index (χ4v) is 5.44. The molecule has 0 radical (unpaired) electrons. The fourth-order valence-electron chi connectivity index (χ4n) is 5.44. The maximum Gasteiger partial charge on any atom is 0.337 e. The number of hydrogen-bond acceptors (Lipinski definition) is 7. The second-order valence-corrected chi connectivity index (χ2v) is 11.0. The third-order valence-electron chi connectivity index (χ3n) is 8.18. The Morgan fingerprint density at radius 3 is 2.24 bits per heavy atom. The zero-order valence-electron chi connectivity index (χ0n) is 24.8. The molecule has 1 N–H and O–H groups in total. The molecule has 1 aliphatic carbocycles. The van der Waals surface area contributed by atoms with Gasteiger partial charge in [0.25, 0.3) is 0 Å². The predicted molar refractivity (Wildman–Crippen MR) is 167 cm³/mol. The maximum absolute atomic E-state index is 13.4. The van der Waals surface area contributed by atoms with Crippen molar-refractivity contribution in [2.45, 2.75) is 19.8 Å². The van der Waals surface area contributed by atoms with Gasteiger partial charge in [0.1, 0.15) is 0 Å². The number of fused-ring (bicyclic) bond motifs is 1. The minimum absolute atomic E-state index is 0.0139. The van der Waals surface area contributed by atoms with Crippen molar-refractivity contribution in [1.29, 1.82) is 0 Å². The molecule has 1 amide bonds. The largest absolute Gasteiger partial charge is 0.465 e. The highest BCUT2D eigenvalue weighted by atomic mass is 16.5. The van der Waals surface area contributed by atoms with Crippen LogP contribution in [-0.4, -0.2) is 81.4 Å². The summed E-state index contributed by atoms with van der Waals surface area (Å²) in [4.78, 5) is 44.9. The van der Waals surface area contributed by atoms with E-state index < -0.39 is 5.97 Å². The van der Waals surface area contributed by atoms with Gasteiger partial charge >= 0.3 is 5.97 Å². The van der Waals surface area contributed by atoms with Crippen molar-refractivity contribution >= 4 is 40.3 Å². The molecule has 0 spiro atoms. The molecule has 8 nitrogen and oxygen atoms in total. The molecule has 8 heteroatoms. The minimum Gasteiger partial charge on any atom is -0.465 e. The molecule has 3 aromatic rings. The number of anilines is 2. The van der Waals surface area contributed by atoms with Crippen LogP contribution in [0.3, 0.4) is 0 Å². The van der Waals surface area contributed by atoms with Crippen LogP contribution in [-0.2, 0) is 27.2 Å². The summed E-state index contributed by atoms with van der Waals surface area (Å²) in [5.41, 5.74) is 6.88. The molecule has 2 aliphatic rings. The molecule has 1 aliphatic heterocycles. The number of piperazine rings is 1. The third-order valence-corrected chi connectivity index (χ3v) is 8.18. The van der Waals surface area contributed by atoms with Crippen molar-refractivity contribution in [2.75, 3.05) is 64.1 Å². The van der Waals surface area contributed by atoms with E-state index in [1.54, 1.807) is 24.1 Å². The van der Waals surface area contributed by atoms with Crippen molar-refractivity contribution in [3.8, 4) is 0 Å². The normalized spacial score (nSPS) is 16.6. The van der Waals surface area contributed by atoms with Crippen molar-refractivity contribution in [1.82, 2.24) is 9.80 Å². The highest BCUT2D eigenvalue weighted by Gasteiger charge is 2.30. The first-order valence-corrected chi connectivity index (χ1v) is 14.4. The van der Waals surface area contributed by atoms with E-state index in [1.807, 2.05) is 42.5 Å². The van der Waals surface area contributed by atoms with Gasteiger partial charge in [0.2, 0.25) is 5.91 Å². The summed E-state index contributed by atoms with van der Waals surface area (Å²) in [5, 5.41) is 3.50. The highest BCUT2D eigenvalue weighted by Crippen LogP contribution is 2.37. The molecule has 42 heavy (non-hydrogen) atoms. The molecule has 1 heterocycles. The van der Waals surface area contributed by atoms with E-state index in [1.165, 1.54) is 12.7 Å². The van der Waals surface area contributed by atoms with Gasteiger partial charge in [-0.1, -0.05) is 37.3 Å². The molecule has 1 fully saturated rings. The van der Waals surface area contributed by atoms with Gasteiger partial charge in [-0.05, 0) is 72.1 Å². The zero-order chi connectivity index (χ0) is 29.8. The van der Waals surface area contributed by atoms with Crippen LogP contribution in [0.15, 0.2) is 66.7 Å². The average molecular weight is 567 g/mol. The van der Waals surface area contributed by atoms with Crippen LogP contribution in [0.1, 0.15) is 39.5 Å². The lowest BCUT2D eigenvalue weighted by Crippen LogP contribution is -2.48. The third kappa shape index (κ3) is 6.30. The monoisotopic (exact) mass is 566 g/mol. The number of carbonyl (C=O) groups is 3. The molecule has 0 saturated carbocycles. The van der Waals surface area contributed by atoms with Gasteiger partial charge in [-0.2, -0.15) is 0 Å². The van der Waals surface area contributed by atoms with Crippen LogP contribution in [0.5, 0.6) is 0 Å². The van der Waals surface area contributed by atoms with E-state index in [2.05, 4.69) is 41.2 Å². The Bertz CT molecular complexity index is 1500. The number of likely N-dealkylation sites (N-methyl/N-ethyl adjacent to an activating group) is 2. The number of benzene rings is 3. The molecule has 5 rings (SSSR count). The van der Waals surface area contributed by atoms with Crippen LogP contribution in [0.2, 0.25) is 0 Å². The smallest absolute Gasteiger partial charge is 0.337 e. The summed E-state index contributed by atoms with van der Waals surface area (Å²) in [6.07, 6.45) is 1.18. The quantitative estimate of drug-likeness (QED) is 0.321. The molecule has 3 aromatic carbocycles. The van der Waals surface area contributed by atoms with Crippen molar-refractivity contribution in [3.63, 3.8) is 0 Å². The Kier molecular flexibility index (Phi) is 8.85. The van der Waals surface area contributed by atoms with E-state index >= 15 is 0 Å². The number of nitrogens with one attached hydrogen (secondary N) is 1. The number of carbonyl (C=O) groups excluding carboxylic acids is 3. The van der Waals surface area contributed by atoms with Crippen LogP contribution in [0.25, 0.3) is 11.3 Å². The number of nitrogens with zero attached hydrogens (tertiary/aromatic N) is 3. The van der Waals surface area contributed by atoms with Gasteiger partial charge in [-0.15, -0.1) is 0 Å². The SMILES string of the molecule is CCc1ccc(/C(Nc2ccc(N(C)C(=O)CN3CCN(C)CC3)cc2)=C2/C(=O)Cc3ccc(C(=O)OC)cc32)cc1. The lowest BCUT2D eigenvalue weighted by atomic mass is 9.97. The van der Waals surface area contributed by atoms with Gasteiger partial charge in [0.05, 0.1) is 24.9 Å². The first-order chi connectivity index (χ1) is 20.3. The first-order valence-electron chi connectivity index (χ1n) is 14.4. The lowest BCUT2D eigenvalue weighted by Gasteiger charge is -2.32. The van der Waals surface area contributed by atoms with Gasteiger partial charge in [0.15, 0.2) is 5.78 Å². The Balaban J connectivity index is 1.44. The van der Waals surface area contributed by atoms with Gasteiger partial charge < -0.3 is 19.9 Å². The number of rotatable bonds is 8. The topological polar surface area (TPSA) is 82.2 Å². The Hall–Kier alpha value is -4.27. The van der Waals surface area contributed by atoms with Crippen LogP contribution < -0.4 is 10.2 Å². The number of hydrogen-bond donors (Lipinski definition) is 1. The van der Waals surface area contributed by atoms with Gasteiger partial charge in [0, 0.05) is 56.6 Å². The molecular weight excluding hydrogens is 528 g/mol. The van der Waals surface area contributed by atoms with Gasteiger partial charge in [-0.3, -0.25) is 14.5 Å². The number of Topliss-reactive ketones (excluding diaryl/α,β-unsaturated/α-hetero) is 1. The molecule has 0 atom stereocenters. The molecule has 0 bridgehead atoms. The second-order valence-electron chi connectivity index (χ2n) is 11.0. The number of aryl methyl sites for hydroxylation is 1. The van der Waals surface area contributed by atoms with E-state index in [0.29, 0.717) is 23.4 Å². The van der Waals surface area contributed by atoms with Crippen LogP contribution in [0, 0.1) is 0 Å². The summed E-state index contributed by atoms with van der Waals surface area (Å²) < 4.78 is 4.93. The van der Waals surface area contributed by atoms with Crippen molar-refractivity contribution in [2.24, 2.45) is 0 Å². The van der Waals surface area contributed by atoms with E-state index in [9.17, 15) is 14.4 Å². The van der Waals surface area contributed by atoms with Crippen LogP contribution in [0.4, 0.5) is 11.4 Å². The summed E-state index contributed by atoms with van der Waals surface area (Å²) in [6, 6.07) is 21.1. The summed E-state index contributed by atoms with van der Waals surface area (Å²) >= 11 is 0. The number of ketones is 1. The molecule has 0 unspecified atom stereocenters. The average Bonchev–Trinajstić information content (AvgIpc) is 3.35. The van der Waals surface area contributed by atoms with E-state index in [0.717, 1.165) is 60.7 Å². The fraction of sp³-hybridized carbons (Fsp3) is 0.324.